The summed E-state index contributed by atoms with van der Waals surface area (Å²) in [6, 6.07) is -0.627. The van der Waals surface area contributed by atoms with Crippen molar-refractivity contribution in [1.29, 1.82) is 0 Å². The van der Waals surface area contributed by atoms with Gasteiger partial charge in [-0.25, -0.2) is 0 Å². The van der Waals surface area contributed by atoms with Gasteiger partial charge < -0.3 is 20.3 Å². The van der Waals surface area contributed by atoms with Crippen molar-refractivity contribution in [3.63, 3.8) is 0 Å². The van der Waals surface area contributed by atoms with Crippen LogP contribution in [0.15, 0.2) is 48.6 Å². The van der Waals surface area contributed by atoms with Gasteiger partial charge in [-0.1, -0.05) is 268 Å². The maximum atomic E-state index is 12.4. The Morgan fingerprint density at radius 2 is 0.714 bits per heavy atom. The van der Waals surface area contributed by atoms with Crippen LogP contribution in [0.25, 0.3) is 0 Å². The molecular formula is C64H119NO5. The first-order valence-corrected chi connectivity index (χ1v) is 30.9. The number of carbonyl (C=O) groups excluding carboxylic acids is 2. The summed E-state index contributed by atoms with van der Waals surface area (Å²) in [4.78, 5) is 24.4. The number of unbranched alkanes of at least 4 members (excludes halogenated alkanes) is 40. The van der Waals surface area contributed by atoms with Gasteiger partial charge in [0.1, 0.15) is 0 Å². The predicted molar refractivity (Wildman–Crippen MR) is 306 cm³/mol. The van der Waals surface area contributed by atoms with Gasteiger partial charge in [0, 0.05) is 12.8 Å². The molecule has 0 heterocycles. The quantitative estimate of drug-likeness (QED) is 0.0321. The van der Waals surface area contributed by atoms with E-state index >= 15 is 0 Å². The Kier molecular flexibility index (Phi) is 57.5. The highest BCUT2D eigenvalue weighted by atomic mass is 16.5. The number of carbonyl (C=O) groups is 2. The topological polar surface area (TPSA) is 95.9 Å². The molecule has 2 unspecified atom stereocenters. The molecule has 3 N–H and O–H groups in total. The minimum Gasteiger partial charge on any atom is -0.466 e. The minimum absolute atomic E-state index is 0.00327. The summed E-state index contributed by atoms with van der Waals surface area (Å²) in [5.74, 6) is -0.0686. The predicted octanol–water partition coefficient (Wildman–Crippen LogP) is 19.4. The van der Waals surface area contributed by atoms with Crippen LogP contribution in [-0.2, 0) is 14.3 Å². The highest BCUT2D eigenvalue weighted by Crippen LogP contribution is 2.16. The molecule has 0 aromatic rings. The molecule has 0 aliphatic heterocycles. The first kappa shape index (κ1) is 67.8. The molecular weight excluding hydrogens is 863 g/mol. The lowest BCUT2D eigenvalue weighted by molar-refractivity contribution is -0.143. The van der Waals surface area contributed by atoms with Crippen LogP contribution in [0.3, 0.4) is 0 Å². The third-order valence-electron chi connectivity index (χ3n) is 14.1. The Labute approximate surface area is 436 Å². The van der Waals surface area contributed by atoms with E-state index in [2.05, 4.69) is 55.6 Å². The summed E-state index contributed by atoms with van der Waals surface area (Å²) in [7, 11) is 0. The summed E-state index contributed by atoms with van der Waals surface area (Å²) in [6.07, 6.45) is 76.0. The molecule has 0 fully saturated rings. The van der Waals surface area contributed by atoms with E-state index in [-0.39, 0.29) is 18.5 Å². The molecule has 0 radical (unpaired) electrons. The van der Waals surface area contributed by atoms with Gasteiger partial charge >= 0.3 is 5.97 Å². The van der Waals surface area contributed by atoms with Gasteiger partial charge in [0.2, 0.25) is 5.91 Å². The molecule has 0 rings (SSSR count). The highest BCUT2D eigenvalue weighted by molar-refractivity contribution is 5.76. The van der Waals surface area contributed by atoms with Crippen LogP contribution in [0.5, 0.6) is 0 Å². The van der Waals surface area contributed by atoms with E-state index in [1.807, 2.05) is 6.08 Å². The third-order valence-corrected chi connectivity index (χ3v) is 14.1. The molecule has 0 saturated heterocycles. The standard InChI is InChI=1S/C64H119NO5/c1-3-5-7-9-11-13-14-15-31-35-38-42-46-50-54-58-64(69)70-59-55-51-47-43-39-36-33-30-28-26-24-22-20-18-16-17-19-21-23-25-27-29-32-34-37-41-45-49-53-57-63(68)65-61(60-66)62(67)56-52-48-44-40-12-10-8-6-4-2/h15-16,18,22,24,31,52,56,61-62,66-67H,3-14,17,19-21,23,25-30,32-51,53-55,57-60H2,1-2H3,(H,65,68)/b18-16-,24-22-,31-15-,56-52+. The average molecular weight is 983 g/mol. The number of rotatable bonds is 57. The maximum absolute atomic E-state index is 12.4. The monoisotopic (exact) mass is 982 g/mol. The van der Waals surface area contributed by atoms with Gasteiger partial charge in [0.15, 0.2) is 0 Å². The lowest BCUT2D eigenvalue weighted by atomic mass is 10.0. The first-order valence-electron chi connectivity index (χ1n) is 30.9. The summed E-state index contributed by atoms with van der Waals surface area (Å²) in [6.45, 7) is 4.87. The number of esters is 1. The van der Waals surface area contributed by atoms with Crippen molar-refractivity contribution in [2.75, 3.05) is 13.2 Å². The zero-order valence-corrected chi connectivity index (χ0v) is 46.7. The second-order valence-electron chi connectivity index (χ2n) is 21.0. The van der Waals surface area contributed by atoms with Gasteiger partial charge in [0.25, 0.3) is 0 Å². The van der Waals surface area contributed by atoms with Crippen LogP contribution < -0.4 is 5.32 Å². The van der Waals surface area contributed by atoms with E-state index in [1.165, 1.54) is 244 Å². The third kappa shape index (κ3) is 55.1. The van der Waals surface area contributed by atoms with Gasteiger partial charge in [-0.05, 0) is 89.9 Å². The van der Waals surface area contributed by atoms with E-state index in [9.17, 15) is 19.8 Å². The van der Waals surface area contributed by atoms with Gasteiger partial charge in [-0.15, -0.1) is 0 Å². The Hall–Kier alpha value is -2.18. The summed E-state index contributed by atoms with van der Waals surface area (Å²) < 4.78 is 5.48. The number of amides is 1. The van der Waals surface area contributed by atoms with E-state index in [0.717, 1.165) is 51.4 Å². The fourth-order valence-corrected chi connectivity index (χ4v) is 9.31. The van der Waals surface area contributed by atoms with E-state index in [1.54, 1.807) is 6.08 Å². The molecule has 70 heavy (non-hydrogen) atoms. The number of nitrogens with one attached hydrogen (secondary N) is 1. The Morgan fingerprint density at radius 1 is 0.400 bits per heavy atom. The van der Waals surface area contributed by atoms with Crippen molar-refractivity contribution in [1.82, 2.24) is 5.32 Å². The van der Waals surface area contributed by atoms with Crippen LogP contribution in [0, 0.1) is 0 Å². The van der Waals surface area contributed by atoms with Crippen LogP contribution in [0.2, 0.25) is 0 Å². The highest BCUT2D eigenvalue weighted by Gasteiger charge is 2.18. The summed E-state index contributed by atoms with van der Waals surface area (Å²) in [5.41, 5.74) is 0. The van der Waals surface area contributed by atoms with Crippen LogP contribution in [-0.4, -0.2) is 47.4 Å². The Bertz CT molecular complexity index is 1180. The normalized spacial score (nSPS) is 12.9. The number of hydrogen-bond acceptors (Lipinski definition) is 5. The minimum atomic E-state index is -0.843. The molecule has 0 spiro atoms. The second-order valence-corrected chi connectivity index (χ2v) is 21.0. The fourth-order valence-electron chi connectivity index (χ4n) is 9.31. The molecule has 0 saturated carbocycles. The van der Waals surface area contributed by atoms with Crippen molar-refractivity contribution in [3.05, 3.63) is 48.6 Å². The molecule has 2 atom stereocenters. The zero-order chi connectivity index (χ0) is 50.7. The van der Waals surface area contributed by atoms with E-state index < -0.39 is 12.1 Å². The molecule has 0 aromatic heterocycles. The largest absolute Gasteiger partial charge is 0.466 e. The Morgan fingerprint density at radius 3 is 1.10 bits per heavy atom. The summed E-state index contributed by atoms with van der Waals surface area (Å²) >= 11 is 0. The SMILES string of the molecule is CCCCCCCC/C=C\CCCCCCCC(=O)OCCCCCCCCCCC/C=C\C/C=C\CCCCCCCCCCCCCCCC(=O)NC(CO)C(O)/C=C/CCCCCCCCC. The molecule has 0 aliphatic carbocycles. The van der Waals surface area contributed by atoms with Crippen LogP contribution >= 0.6 is 0 Å². The van der Waals surface area contributed by atoms with Crippen molar-refractivity contribution in [2.45, 2.75) is 334 Å². The summed E-state index contributed by atoms with van der Waals surface area (Å²) in [5, 5.41) is 22.9. The van der Waals surface area contributed by atoms with E-state index in [4.69, 9.17) is 4.74 Å². The number of ether oxygens (including phenoxy) is 1. The van der Waals surface area contributed by atoms with Crippen molar-refractivity contribution < 1.29 is 24.5 Å². The van der Waals surface area contributed by atoms with Crippen molar-refractivity contribution in [3.8, 4) is 0 Å². The lowest BCUT2D eigenvalue weighted by Gasteiger charge is -2.20. The molecule has 1 amide bonds. The van der Waals surface area contributed by atoms with Gasteiger partial charge in [-0.3, -0.25) is 9.59 Å². The molecule has 0 aromatic carbocycles. The molecule has 6 nitrogen and oxygen atoms in total. The fraction of sp³-hybridized carbons (Fsp3) is 0.844. The second kappa shape index (κ2) is 59.4. The van der Waals surface area contributed by atoms with Crippen molar-refractivity contribution in [2.24, 2.45) is 0 Å². The molecule has 6 heteroatoms. The molecule has 0 bridgehead atoms. The van der Waals surface area contributed by atoms with Gasteiger partial charge in [0.05, 0.1) is 25.4 Å². The lowest BCUT2D eigenvalue weighted by Crippen LogP contribution is -2.45. The first-order chi connectivity index (χ1) is 34.5. The molecule has 410 valence electrons. The van der Waals surface area contributed by atoms with Crippen LogP contribution in [0.4, 0.5) is 0 Å². The molecule has 0 aliphatic rings. The Balaban J connectivity index is 3.40. The number of aliphatic hydroxyl groups excluding tert-OH is 2. The smallest absolute Gasteiger partial charge is 0.305 e. The zero-order valence-electron chi connectivity index (χ0n) is 46.7. The van der Waals surface area contributed by atoms with Gasteiger partial charge in [-0.2, -0.15) is 0 Å². The number of allylic oxidation sites excluding steroid dienone is 7. The van der Waals surface area contributed by atoms with Crippen molar-refractivity contribution >= 4 is 11.9 Å². The van der Waals surface area contributed by atoms with Crippen LogP contribution in [0.1, 0.15) is 322 Å². The average Bonchev–Trinajstić information content (AvgIpc) is 3.36. The maximum Gasteiger partial charge on any atom is 0.305 e. The number of hydrogen-bond donors (Lipinski definition) is 3. The van der Waals surface area contributed by atoms with E-state index in [0.29, 0.717) is 19.4 Å². The number of aliphatic hydroxyl groups is 2.